The first-order valence-corrected chi connectivity index (χ1v) is 5.56. The summed E-state index contributed by atoms with van der Waals surface area (Å²) in [6.07, 6.45) is 1.98. The molecule has 2 unspecified atom stereocenters. The minimum absolute atomic E-state index is 0.0109. The molecule has 2 aliphatic rings. The Morgan fingerprint density at radius 3 is 2.80 bits per heavy atom. The molecule has 0 radical (unpaired) electrons. The molecular formula is C11H18N2O2. The molecule has 4 nitrogen and oxygen atoms in total. The molecule has 2 aliphatic heterocycles. The molecule has 0 bridgehead atoms. The quantitative estimate of drug-likeness (QED) is 0.742. The van der Waals surface area contributed by atoms with Gasteiger partial charge in [-0.2, -0.15) is 0 Å². The van der Waals surface area contributed by atoms with E-state index in [1.54, 1.807) is 0 Å². The van der Waals surface area contributed by atoms with Gasteiger partial charge >= 0.3 is 0 Å². The molecule has 1 fully saturated rings. The highest BCUT2D eigenvalue weighted by molar-refractivity contribution is 6.09. The van der Waals surface area contributed by atoms with E-state index >= 15 is 0 Å². The maximum atomic E-state index is 11.6. The van der Waals surface area contributed by atoms with Gasteiger partial charge in [-0.15, -0.1) is 0 Å². The summed E-state index contributed by atoms with van der Waals surface area (Å²) in [5.41, 5.74) is -0.362. The van der Waals surface area contributed by atoms with Crippen LogP contribution in [0.5, 0.6) is 0 Å². The minimum atomic E-state index is -0.362. The molecule has 0 spiro atoms. The monoisotopic (exact) mass is 210 g/mol. The Kier molecular flexibility index (Phi) is 2.54. The predicted molar refractivity (Wildman–Crippen MR) is 57.8 cm³/mol. The maximum absolute atomic E-state index is 11.6. The van der Waals surface area contributed by atoms with Gasteiger partial charge in [0.05, 0.1) is 0 Å². The zero-order valence-electron chi connectivity index (χ0n) is 9.54. The third kappa shape index (κ3) is 1.78. The number of nitrogens with one attached hydrogen (secondary N) is 1. The Balaban J connectivity index is 2.18. The van der Waals surface area contributed by atoms with Crippen LogP contribution in [0.1, 0.15) is 33.6 Å². The number of ether oxygens (including phenoxy) is 1. The molecule has 1 N–H and O–H groups in total. The highest BCUT2D eigenvalue weighted by atomic mass is 16.5. The first-order chi connectivity index (χ1) is 7.03. The molecule has 4 heteroatoms. The Hall–Kier alpha value is -0.900. The Morgan fingerprint density at radius 1 is 1.60 bits per heavy atom. The van der Waals surface area contributed by atoms with Gasteiger partial charge in [0.25, 0.3) is 0 Å². The third-order valence-electron chi connectivity index (χ3n) is 3.13. The van der Waals surface area contributed by atoms with Gasteiger partial charge in [0.2, 0.25) is 5.91 Å². The van der Waals surface area contributed by atoms with Crippen LogP contribution in [0.15, 0.2) is 4.99 Å². The molecule has 84 valence electrons. The normalized spacial score (nSPS) is 35.9. The molecule has 1 saturated heterocycles. The lowest BCUT2D eigenvalue weighted by atomic mass is 10.0. The molecule has 0 aromatic heterocycles. The van der Waals surface area contributed by atoms with Crippen molar-refractivity contribution < 1.29 is 9.53 Å². The van der Waals surface area contributed by atoms with E-state index in [0.29, 0.717) is 0 Å². The number of rotatable bonds is 2. The van der Waals surface area contributed by atoms with Gasteiger partial charge in [0.15, 0.2) is 0 Å². The second kappa shape index (κ2) is 3.59. The number of amides is 1. The number of hydrogen-bond donors (Lipinski definition) is 1. The average molecular weight is 210 g/mol. The van der Waals surface area contributed by atoms with Crippen LogP contribution < -0.4 is 5.32 Å². The van der Waals surface area contributed by atoms with Crippen molar-refractivity contribution in [2.45, 2.75) is 45.3 Å². The van der Waals surface area contributed by atoms with Gasteiger partial charge in [0.1, 0.15) is 17.5 Å². The summed E-state index contributed by atoms with van der Waals surface area (Å²) < 4.78 is 5.66. The third-order valence-corrected chi connectivity index (χ3v) is 3.13. The van der Waals surface area contributed by atoms with E-state index in [1.807, 2.05) is 20.8 Å². The molecular weight excluding hydrogens is 192 g/mol. The van der Waals surface area contributed by atoms with Crippen molar-refractivity contribution in [3.63, 3.8) is 0 Å². The van der Waals surface area contributed by atoms with Gasteiger partial charge < -0.3 is 10.1 Å². The van der Waals surface area contributed by atoms with E-state index in [-0.39, 0.29) is 23.5 Å². The van der Waals surface area contributed by atoms with E-state index in [0.717, 1.165) is 25.3 Å². The largest absolute Gasteiger partial charge is 0.367 e. The van der Waals surface area contributed by atoms with Crippen LogP contribution in [0.3, 0.4) is 0 Å². The van der Waals surface area contributed by atoms with Crippen molar-refractivity contribution in [2.24, 2.45) is 10.9 Å². The molecule has 2 atom stereocenters. The standard InChI is InChI=1S/C11H18N2O2/c1-7(2)8-9(14)13-10(12-8)11(3)5-4-6-15-11/h7-8H,4-6H2,1-3H3,(H,12,13,14). The minimum Gasteiger partial charge on any atom is -0.367 e. The molecule has 1 amide bonds. The molecule has 2 rings (SSSR count). The molecule has 2 heterocycles. The number of aliphatic imine (C=N–C) groups is 1. The van der Waals surface area contributed by atoms with Crippen molar-refractivity contribution in [1.82, 2.24) is 5.32 Å². The van der Waals surface area contributed by atoms with Crippen molar-refractivity contribution >= 4 is 11.7 Å². The van der Waals surface area contributed by atoms with Crippen LogP contribution in [0.4, 0.5) is 0 Å². The summed E-state index contributed by atoms with van der Waals surface area (Å²) in [6, 6.07) is -0.235. The van der Waals surface area contributed by atoms with E-state index in [4.69, 9.17) is 4.74 Å². The second-order valence-corrected chi connectivity index (χ2v) is 4.84. The lowest BCUT2D eigenvalue weighted by molar-refractivity contribution is -0.121. The van der Waals surface area contributed by atoms with Gasteiger partial charge in [-0.25, -0.2) is 0 Å². The lowest BCUT2D eigenvalue weighted by Crippen LogP contribution is -2.43. The summed E-state index contributed by atoms with van der Waals surface area (Å²) in [6.45, 7) is 6.78. The van der Waals surface area contributed by atoms with Crippen LogP contribution in [-0.2, 0) is 9.53 Å². The van der Waals surface area contributed by atoms with Gasteiger partial charge in [0, 0.05) is 6.61 Å². The van der Waals surface area contributed by atoms with Crippen LogP contribution in [0.2, 0.25) is 0 Å². The molecule has 0 aliphatic carbocycles. The fourth-order valence-electron chi connectivity index (χ4n) is 2.11. The lowest BCUT2D eigenvalue weighted by Gasteiger charge is -2.22. The van der Waals surface area contributed by atoms with E-state index < -0.39 is 0 Å². The predicted octanol–water partition coefficient (Wildman–Crippen LogP) is 1.11. The summed E-state index contributed by atoms with van der Waals surface area (Å²) in [5, 5.41) is 2.85. The summed E-state index contributed by atoms with van der Waals surface area (Å²) >= 11 is 0. The van der Waals surface area contributed by atoms with Crippen LogP contribution in [0.25, 0.3) is 0 Å². The summed E-state index contributed by atoms with van der Waals surface area (Å²) in [7, 11) is 0. The number of hydrogen-bond acceptors (Lipinski definition) is 3. The van der Waals surface area contributed by atoms with Crippen LogP contribution >= 0.6 is 0 Å². The Morgan fingerprint density at radius 2 is 2.33 bits per heavy atom. The zero-order chi connectivity index (χ0) is 11.1. The van der Waals surface area contributed by atoms with Gasteiger partial charge in [-0.3, -0.25) is 9.79 Å². The summed E-state index contributed by atoms with van der Waals surface area (Å²) in [5.74, 6) is 0.980. The van der Waals surface area contributed by atoms with E-state index in [2.05, 4.69) is 10.3 Å². The fourth-order valence-corrected chi connectivity index (χ4v) is 2.11. The highest BCUT2D eigenvalue weighted by Crippen LogP contribution is 2.28. The topological polar surface area (TPSA) is 50.7 Å². The summed E-state index contributed by atoms with van der Waals surface area (Å²) in [4.78, 5) is 16.1. The first-order valence-electron chi connectivity index (χ1n) is 5.56. The number of nitrogens with zero attached hydrogens (tertiary/aromatic N) is 1. The van der Waals surface area contributed by atoms with E-state index in [1.165, 1.54) is 0 Å². The van der Waals surface area contributed by atoms with Gasteiger partial charge in [-0.1, -0.05) is 13.8 Å². The zero-order valence-corrected chi connectivity index (χ0v) is 9.54. The maximum Gasteiger partial charge on any atom is 0.250 e. The van der Waals surface area contributed by atoms with E-state index in [9.17, 15) is 4.79 Å². The SMILES string of the molecule is CC(C)C1N=C(C2(C)CCCO2)NC1=O. The van der Waals surface area contributed by atoms with Crippen molar-refractivity contribution in [2.75, 3.05) is 6.61 Å². The average Bonchev–Trinajstić information content (AvgIpc) is 2.72. The Labute approximate surface area is 90.1 Å². The fraction of sp³-hybridized carbons (Fsp3) is 0.818. The van der Waals surface area contributed by atoms with Crippen LogP contribution in [-0.4, -0.2) is 30.0 Å². The van der Waals surface area contributed by atoms with Gasteiger partial charge in [-0.05, 0) is 25.7 Å². The number of amidine groups is 1. The van der Waals surface area contributed by atoms with Crippen LogP contribution in [0, 0.1) is 5.92 Å². The molecule has 0 aromatic rings. The first kappa shape index (κ1) is 10.6. The van der Waals surface area contributed by atoms with Crippen molar-refractivity contribution in [3.05, 3.63) is 0 Å². The second-order valence-electron chi connectivity index (χ2n) is 4.84. The smallest absolute Gasteiger partial charge is 0.250 e. The van der Waals surface area contributed by atoms with Crippen molar-refractivity contribution in [1.29, 1.82) is 0 Å². The molecule has 0 saturated carbocycles. The number of carbonyl (C=O) groups excluding carboxylic acids is 1. The van der Waals surface area contributed by atoms with Crippen molar-refractivity contribution in [3.8, 4) is 0 Å². The molecule has 0 aromatic carbocycles. The Bertz CT molecular complexity index is 304. The highest BCUT2D eigenvalue weighted by Gasteiger charge is 2.41. The molecule has 15 heavy (non-hydrogen) atoms. The number of carbonyl (C=O) groups is 1.